The molecule has 0 bridgehead atoms. The summed E-state index contributed by atoms with van der Waals surface area (Å²) in [6.45, 7) is -0.375. The number of carbonyl (C=O) groups excluding carboxylic acids is 3. The summed E-state index contributed by atoms with van der Waals surface area (Å²) in [5, 5.41) is 3.13. The lowest BCUT2D eigenvalue weighted by Crippen LogP contribution is -2.21. The standard InChI is InChI=1S/C20H19NO7S/c1-25-20(24)17-12-4-2-3-5-15(12)29-18(17)21-16(22)9-26-19(23)11-6-7-13-14(8-11)28-10-27-13/h6-8H,2-5,9-10H2,1H3,(H,21,22). The zero-order valence-corrected chi connectivity index (χ0v) is 16.6. The zero-order chi connectivity index (χ0) is 20.4. The molecule has 152 valence electrons. The Hall–Kier alpha value is -3.07. The second-order valence-electron chi connectivity index (χ2n) is 6.60. The lowest BCUT2D eigenvalue weighted by molar-refractivity contribution is -0.119. The molecule has 0 saturated heterocycles. The first-order valence-corrected chi connectivity index (χ1v) is 9.98. The van der Waals surface area contributed by atoms with Crippen molar-refractivity contribution in [1.82, 2.24) is 0 Å². The van der Waals surface area contributed by atoms with E-state index in [0.29, 0.717) is 22.1 Å². The molecule has 4 rings (SSSR count). The fraction of sp³-hybridized carbons (Fsp3) is 0.350. The molecule has 2 aromatic rings. The van der Waals surface area contributed by atoms with Crippen LogP contribution in [0.5, 0.6) is 11.5 Å². The number of hydrogen-bond donors (Lipinski definition) is 1. The van der Waals surface area contributed by atoms with Gasteiger partial charge < -0.3 is 24.3 Å². The predicted octanol–water partition coefficient (Wildman–Crippen LogP) is 2.94. The Labute approximate surface area is 170 Å². The maximum absolute atomic E-state index is 12.3. The highest BCUT2D eigenvalue weighted by Gasteiger charge is 2.27. The Morgan fingerprint density at radius 3 is 2.72 bits per heavy atom. The van der Waals surface area contributed by atoms with Crippen LogP contribution in [-0.2, 0) is 27.1 Å². The van der Waals surface area contributed by atoms with Crippen molar-refractivity contribution < 1.29 is 33.3 Å². The molecule has 0 radical (unpaired) electrons. The first kappa shape index (κ1) is 19.3. The number of anilines is 1. The molecule has 0 unspecified atom stereocenters. The van der Waals surface area contributed by atoms with Gasteiger partial charge in [-0.3, -0.25) is 4.79 Å². The van der Waals surface area contributed by atoms with Gasteiger partial charge in [0.2, 0.25) is 6.79 Å². The fourth-order valence-electron chi connectivity index (χ4n) is 3.37. The number of amides is 1. The zero-order valence-electron chi connectivity index (χ0n) is 15.7. The smallest absolute Gasteiger partial charge is 0.341 e. The minimum absolute atomic E-state index is 0.101. The van der Waals surface area contributed by atoms with Gasteiger partial charge in [0, 0.05) is 4.88 Å². The van der Waals surface area contributed by atoms with Crippen LogP contribution < -0.4 is 14.8 Å². The number of benzene rings is 1. The number of methoxy groups -OCH3 is 1. The quantitative estimate of drug-likeness (QED) is 0.747. The van der Waals surface area contributed by atoms with Crippen LogP contribution in [0.4, 0.5) is 5.00 Å². The molecule has 9 heteroatoms. The van der Waals surface area contributed by atoms with Crippen molar-refractivity contribution in [2.24, 2.45) is 0 Å². The number of fused-ring (bicyclic) bond motifs is 2. The molecular formula is C20H19NO7S. The highest BCUT2D eigenvalue weighted by Crippen LogP contribution is 2.38. The van der Waals surface area contributed by atoms with Crippen molar-refractivity contribution in [3.8, 4) is 11.5 Å². The Bertz CT molecular complexity index is 981. The van der Waals surface area contributed by atoms with E-state index in [9.17, 15) is 14.4 Å². The van der Waals surface area contributed by atoms with Crippen LogP contribution in [0.2, 0.25) is 0 Å². The molecule has 8 nitrogen and oxygen atoms in total. The first-order valence-electron chi connectivity index (χ1n) is 9.16. The molecule has 1 aliphatic heterocycles. The van der Waals surface area contributed by atoms with Gasteiger partial charge in [-0.2, -0.15) is 0 Å². The Balaban J connectivity index is 1.41. The van der Waals surface area contributed by atoms with Gasteiger partial charge in [-0.1, -0.05) is 0 Å². The van der Waals surface area contributed by atoms with Gasteiger partial charge in [0.15, 0.2) is 18.1 Å². The Morgan fingerprint density at radius 1 is 1.10 bits per heavy atom. The van der Waals surface area contributed by atoms with Crippen LogP contribution in [0.1, 0.15) is 44.0 Å². The number of hydrogen-bond acceptors (Lipinski definition) is 8. The summed E-state index contributed by atoms with van der Waals surface area (Å²) in [4.78, 5) is 37.9. The van der Waals surface area contributed by atoms with E-state index in [4.69, 9.17) is 18.9 Å². The Kier molecular flexibility index (Phi) is 5.39. The van der Waals surface area contributed by atoms with Crippen molar-refractivity contribution in [3.05, 3.63) is 39.8 Å². The number of thiophene rings is 1. The van der Waals surface area contributed by atoms with Gasteiger partial charge in [0.25, 0.3) is 5.91 Å². The fourth-order valence-corrected chi connectivity index (χ4v) is 4.67. The van der Waals surface area contributed by atoms with Crippen LogP contribution in [0.15, 0.2) is 18.2 Å². The van der Waals surface area contributed by atoms with Crippen molar-refractivity contribution in [3.63, 3.8) is 0 Å². The number of aryl methyl sites for hydroxylation is 1. The topological polar surface area (TPSA) is 100 Å². The largest absolute Gasteiger partial charge is 0.465 e. The maximum Gasteiger partial charge on any atom is 0.341 e. The third-order valence-electron chi connectivity index (χ3n) is 4.76. The molecule has 2 heterocycles. The SMILES string of the molecule is COC(=O)c1c(NC(=O)COC(=O)c2ccc3c(c2)OCO3)sc2c1CCCC2. The summed E-state index contributed by atoms with van der Waals surface area (Å²) in [6, 6.07) is 4.65. The predicted molar refractivity (Wildman–Crippen MR) is 104 cm³/mol. The molecule has 0 saturated carbocycles. The van der Waals surface area contributed by atoms with E-state index in [1.54, 1.807) is 6.07 Å². The lowest BCUT2D eigenvalue weighted by atomic mass is 9.95. The van der Waals surface area contributed by atoms with Crippen molar-refractivity contribution in [2.45, 2.75) is 25.7 Å². The van der Waals surface area contributed by atoms with Crippen molar-refractivity contribution in [2.75, 3.05) is 25.8 Å². The molecule has 1 N–H and O–H groups in total. The molecule has 1 amide bonds. The van der Waals surface area contributed by atoms with E-state index in [2.05, 4.69) is 5.32 Å². The van der Waals surface area contributed by atoms with Crippen LogP contribution in [0.3, 0.4) is 0 Å². The molecule has 0 spiro atoms. The highest BCUT2D eigenvalue weighted by molar-refractivity contribution is 7.17. The van der Waals surface area contributed by atoms with Gasteiger partial charge in [-0.15, -0.1) is 11.3 Å². The molecule has 0 fully saturated rings. The minimum Gasteiger partial charge on any atom is -0.465 e. The molecule has 0 atom stereocenters. The van der Waals surface area contributed by atoms with E-state index < -0.39 is 24.5 Å². The van der Waals surface area contributed by atoms with Gasteiger partial charge >= 0.3 is 11.9 Å². The number of rotatable bonds is 5. The van der Waals surface area contributed by atoms with Crippen molar-refractivity contribution >= 4 is 34.2 Å². The maximum atomic E-state index is 12.3. The van der Waals surface area contributed by atoms with E-state index >= 15 is 0 Å². The molecule has 1 aromatic heterocycles. The lowest BCUT2D eigenvalue weighted by Gasteiger charge is -2.11. The molecule has 1 aliphatic carbocycles. The average molecular weight is 417 g/mol. The summed E-state index contributed by atoms with van der Waals surface area (Å²) < 4.78 is 20.4. The third-order valence-corrected chi connectivity index (χ3v) is 5.96. The van der Waals surface area contributed by atoms with Gasteiger partial charge in [0.1, 0.15) is 5.00 Å². The molecule has 1 aromatic carbocycles. The summed E-state index contributed by atoms with van der Waals surface area (Å²) in [5.74, 6) is -0.649. The van der Waals surface area contributed by atoms with Crippen LogP contribution in [0, 0.1) is 0 Å². The number of carbonyl (C=O) groups is 3. The van der Waals surface area contributed by atoms with Crippen LogP contribution in [-0.4, -0.2) is 38.4 Å². The summed E-state index contributed by atoms with van der Waals surface area (Å²) in [6.07, 6.45) is 3.70. The number of ether oxygens (including phenoxy) is 4. The second kappa shape index (κ2) is 8.12. The van der Waals surface area contributed by atoms with Crippen molar-refractivity contribution in [1.29, 1.82) is 0 Å². The van der Waals surface area contributed by atoms with Crippen LogP contribution >= 0.6 is 11.3 Å². The molecular weight excluding hydrogens is 398 g/mol. The van der Waals surface area contributed by atoms with Gasteiger partial charge in [0.05, 0.1) is 18.2 Å². The normalized spacial score (nSPS) is 14.1. The summed E-state index contributed by atoms with van der Waals surface area (Å²) >= 11 is 1.37. The highest BCUT2D eigenvalue weighted by atomic mass is 32.1. The molecule has 2 aliphatic rings. The first-order chi connectivity index (χ1) is 14.1. The monoisotopic (exact) mass is 417 g/mol. The van der Waals surface area contributed by atoms with Gasteiger partial charge in [-0.25, -0.2) is 9.59 Å². The average Bonchev–Trinajstić information content (AvgIpc) is 3.34. The number of esters is 2. The summed E-state index contributed by atoms with van der Waals surface area (Å²) in [5.41, 5.74) is 1.60. The van der Waals surface area contributed by atoms with Crippen LogP contribution in [0.25, 0.3) is 0 Å². The van der Waals surface area contributed by atoms with E-state index in [1.807, 2.05) is 0 Å². The summed E-state index contributed by atoms with van der Waals surface area (Å²) in [7, 11) is 1.31. The van der Waals surface area contributed by atoms with E-state index in [0.717, 1.165) is 36.1 Å². The Morgan fingerprint density at radius 2 is 1.90 bits per heavy atom. The number of nitrogens with one attached hydrogen (secondary N) is 1. The second-order valence-corrected chi connectivity index (χ2v) is 7.70. The minimum atomic E-state index is -0.655. The van der Waals surface area contributed by atoms with Gasteiger partial charge in [-0.05, 0) is 49.4 Å². The third kappa shape index (κ3) is 3.91. The van der Waals surface area contributed by atoms with E-state index in [1.165, 1.54) is 30.6 Å². The molecule has 29 heavy (non-hydrogen) atoms. The van der Waals surface area contributed by atoms with E-state index in [-0.39, 0.29) is 12.4 Å².